The first-order valence-electron chi connectivity index (χ1n) is 4.95. The Balaban J connectivity index is 1.85. The summed E-state index contributed by atoms with van der Waals surface area (Å²) in [5, 5.41) is 0. The van der Waals surface area contributed by atoms with Gasteiger partial charge in [-0.25, -0.2) is 0 Å². The van der Waals surface area contributed by atoms with Crippen molar-refractivity contribution in [1.82, 2.24) is 0 Å². The summed E-state index contributed by atoms with van der Waals surface area (Å²) in [5.74, 6) is 0.927. The molecule has 0 aromatic heterocycles. The minimum absolute atomic E-state index is 0.756. The van der Waals surface area contributed by atoms with Gasteiger partial charge < -0.3 is 0 Å². The van der Waals surface area contributed by atoms with Crippen molar-refractivity contribution in [1.29, 1.82) is 0 Å². The number of allylic oxidation sites excluding steroid dienone is 2. The molecule has 0 aromatic rings. The largest absolute Gasteiger partial charge is 0.0883 e. The van der Waals surface area contributed by atoms with E-state index in [0.717, 1.165) is 11.3 Å². The van der Waals surface area contributed by atoms with E-state index in [1.165, 1.54) is 38.5 Å². The molecule has 0 heteroatoms. The van der Waals surface area contributed by atoms with Gasteiger partial charge in [-0.3, -0.25) is 0 Å². The van der Waals surface area contributed by atoms with Gasteiger partial charge in [-0.05, 0) is 49.9 Å². The minimum Gasteiger partial charge on any atom is -0.0883 e. The van der Waals surface area contributed by atoms with E-state index in [-0.39, 0.29) is 0 Å². The molecule has 2 aliphatic rings. The summed E-state index contributed by atoms with van der Waals surface area (Å²) >= 11 is 0. The predicted octanol–water partition coefficient (Wildman–Crippen LogP) is 3.53. The third-order valence-electron chi connectivity index (χ3n) is 3.21. The zero-order valence-corrected chi connectivity index (χ0v) is 7.47. The number of hydrogen-bond donors (Lipinski definition) is 0. The van der Waals surface area contributed by atoms with Crippen molar-refractivity contribution < 1.29 is 0 Å². The molecule has 0 N–H and O–H groups in total. The molecule has 0 bridgehead atoms. The molecule has 0 aromatic carbocycles. The fourth-order valence-electron chi connectivity index (χ4n) is 2.10. The minimum atomic E-state index is 0.756. The van der Waals surface area contributed by atoms with Crippen LogP contribution in [0.1, 0.15) is 45.4 Å². The first-order valence-corrected chi connectivity index (χ1v) is 4.95. The van der Waals surface area contributed by atoms with E-state index < -0.39 is 0 Å². The molecule has 2 aliphatic carbocycles. The molecule has 0 aliphatic heterocycles. The van der Waals surface area contributed by atoms with Crippen molar-refractivity contribution in [3.8, 4) is 0 Å². The Hall–Kier alpha value is -0.260. The van der Waals surface area contributed by atoms with E-state index in [1.54, 1.807) is 0 Å². The van der Waals surface area contributed by atoms with Crippen LogP contribution in [0.2, 0.25) is 0 Å². The van der Waals surface area contributed by atoms with Crippen molar-refractivity contribution >= 4 is 0 Å². The van der Waals surface area contributed by atoms with Gasteiger partial charge in [-0.1, -0.05) is 19.1 Å². The van der Waals surface area contributed by atoms with Crippen LogP contribution in [0.3, 0.4) is 0 Å². The monoisotopic (exact) mass is 150 g/mol. The van der Waals surface area contributed by atoms with Gasteiger partial charge in [-0.15, -0.1) is 0 Å². The van der Waals surface area contributed by atoms with Crippen LogP contribution in [0.25, 0.3) is 0 Å². The molecule has 62 valence electrons. The standard InChI is InChI=1S/C11H18/c1-11(7-8-11)9-10-5-3-2-4-6-10/h3,5,10H,2,4,6-9H2,1H3. The van der Waals surface area contributed by atoms with Crippen molar-refractivity contribution in [3.05, 3.63) is 12.2 Å². The van der Waals surface area contributed by atoms with Gasteiger partial charge in [0.05, 0.1) is 0 Å². The Morgan fingerprint density at radius 3 is 2.82 bits per heavy atom. The Bertz CT molecular complexity index is 163. The Kier molecular flexibility index (Phi) is 1.78. The molecule has 1 fully saturated rings. The molecular weight excluding hydrogens is 132 g/mol. The third-order valence-corrected chi connectivity index (χ3v) is 3.21. The van der Waals surface area contributed by atoms with Gasteiger partial charge in [0, 0.05) is 0 Å². The van der Waals surface area contributed by atoms with Crippen molar-refractivity contribution in [2.24, 2.45) is 11.3 Å². The molecule has 0 nitrogen and oxygen atoms in total. The lowest BCUT2D eigenvalue weighted by molar-refractivity contribution is 0.395. The quantitative estimate of drug-likeness (QED) is 0.528. The highest BCUT2D eigenvalue weighted by Crippen LogP contribution is 2.51. The second kappa shape index (κ2) is 2.66. The van der Waals surface area contributed by atoms with Gasteiger partial charge in [0.2, 0.25) is 0 Å². The molecule has 0 saturated heterocycles. The smallest absolute Gasteiger partial charge is 0.0228 e. The maximum Gasteiger partial charge on any atom is -0.0228 e. The van der Waals surface area contributed by atoms with Crippen LogP contribution in [0.4, 0.5) is 0 Å². The molecule has 1 unspecified atom stereocenters. The Morgan fingerprint density at radius 1 is 1.45 bits per heavy atom. The SMILES string of the molecule is CC1(CC2C=CCCC2)CC1. The average molecular weight is 150 g/mol. The van der Waals surface area contributed by atoms with E-state index in [0.29, 0.717) is 0 Å². The normalized spacial score (nSPS) is 33.7. The van der Waals surface area contributed by atoms with E-state index in [9.17, 15) is 0 Å². The van der Waals surface area contributed by atoms with Gasteiger partial charge in [0.15, 0.2) is 0 Å². The lowest BCUT2D eigenvalue weighted by atomic mass is 9.86. The summed E-state index contributed by atoms with van der Waals surface area (Å²) in [4.78, 5) is 0. The van der Waals surface area contributed by atoms with Gasteiger partial charge >= 0.3 is 0 Å². The molecular formula is C11H18. The van der Waals surface area contributed by atoms with E-state index in [2.05, 4.69) is 19.1 Å². The van der Waals surface area contributed by atoms with E-state index in [4.69, 9.17) is 0 Å². The Labute approximate surface area is 69.7 Å². The molecule has 0 amide bonds. The van der Waals surface area contributed by atoms with Crippen LogP contribution in [0.15, 0.2) is 12.2 Å². The first-order chi connectivity index (χ1) is 5.29. The average Bonchev–Trinajstić information content (AvgIpc) is 2.70. The zero-order valence-electron chi connectivity index (χ0n) is 7.47. The highest BCUT2D eigenvalue weighted by Gasteiger charge is 2.38. The van der Waals surface area contributed by atoms with Crippen LogP contribution in [0.5, 0.6) is 0 Å². The molecule has 11 heavy (non-hydrogen) atoms. The highest BCUT2D eigenvalue weighted by atomic mass is 14.4. The fourth-order valence-corrected chi connectivity index (χ4v) is 2.10. The van der Waals surface area contributed by atoms with Crippen LogP contribution in [0, 0.1) is 11.3 Å². The van der Waals surface area contributed by atoms with Crippen LogP contribution in [-0.4, -0.2) is 0 Å². The summed E-state index contributed by atoms with van der Waals surface area (Å²) in [5.41, 5.74) is 0.756. The van der Waals surface area contributed by atoms with Crippen molar-refractivity contribution in [2.45, 2.75) is 45.4 Å². The van der Waals surface area contributed by atoms with E-state index >= 15 is 0 Å². The second-order valence-electron chi connectivity index (χ2n) is 4.63. The van der Waals surface area contributed by atoms with Crippen LogP contribution >= 0.6 is 0 Å². The topological polar surface area (TPSA) is 0 Å². The molecule has 1 atom stereocenters. The van der Waals surface area contributed by atoms with Crippen molar-refractivity contribution in [2.75, 3.05) is 0 Å². The lowest BCUT2D eigenvalue weighted by Gasteiger charge is -2.19. The Morgan fingerprint density at radius 2 is 2.27 bits per heavy atom. The lowest BCUT2D eigenvalue weighted by Crippen LogP contribution is -2.06. The van der Waals surface area contributed by atoms with Crippen molar-refractivity contribution in [3.63, 3.8) is 0 Å². The van der Waals surface area contributed by atoms with E-state index in [1.807, 2.05) is 0 Å². The summed E-state index contributed by atoms with van der Waals surface area (Å²) in [6.45, 7) is 2.44. The number of hydrogen-bond acceptors (Lipinski definition) is 0. The highest BCUT2D eigenvalue weighted by molar-refractivity contribution is 4.99. The number of rotatable bonds is 2. The molecule has 0 spiro atoms. The van der Waals surface area contributed by atoms with Gasteiger partial charge in [-0.2, -0.15) is 0 Å². The molecule has 0 radical (unpaired) electrons. The van der Waals surface area contributed by atoms with Gasteiger partial charge in [0.1, 0.15) is 0 Å². The van der Waals surface area contributed by atoms with Crippen LogP contribution in [-0.2, 0) is 0 Å². The third kappa shape index (κ3) is 1.85. The summed E-state index contributed by atoms with van der Waals surface area (Å²) in [6.07, 6.45) is 13.5. The maximum absolute atomic E-state index is 2.45. The maximum atomic E-state index is 2.45. The fraction of sp³-hybridized carbons (Fsp3) is 0.818. The summed E-state index contributed by atoms with van der Waals surface area (Å²) < 4.78 is 0. The molecule has 1 saturated carbocycles. The second-order valence-corrected chi connectivity index (χ2v) is 4.63. The summed E-state index contributed by atoms with van der Waals surface area (Å²) in [6, 6.07) is 0. The first kappa shape index (κ1) is 7.39. The van der Waals surface area contributed by atoms with Gasteiger partial charge in [0.25, 0.3) is 0 Å². The molecule has 2 rings (SSSR count). The zero-order chi connectivity index (χ0) is 7.73. The summed E-state index contributed by atoms with van der Waals surface area (Å²) in [7, 11) is 0. The predicted molar refractivity (Wildman–Crippen MR) is 48.4 cm³/mol. The van der Waals surface area contributed by atoms with Crippen LogP contribution < -0.4 is 0 Å². The molecule has 0 heterocycles.